The van der Waals surface area contributed by atoms with Gasteiger partial charge < -0.3 is 9.64 Å². The van der Waals surface area contributed by atoms with Gasteiger partial charge >= 0.3 is 0 Å². The van der Waals surface area contributed by atoms with Crippen molar-refractivity contribution < 1.29 is 9.53 Å². The van der Waals surface area contributed by atoms with E-state index >= 15 is 0 Å². The van der Waals surface area contributed by atoms with Crippen LogP contribution >= 0.6 is 0 Å². The second-order valence-electron chi connectivity index (χ2n) is 6.93. The Balaban J connectivity index is 1.51. The molecule has 2 fully saturated rings. The van der Waals surface area contributed by atoms with Gasteiger partial charge in [-0.3, -0.25) is 4.79 Å². The average molecular weight is 285 g/mol. The topological polar surface area (TPSA) is 29.5 Å². The van der Waals surface area contributed by atoms with Crippen LogP contribution in [0.3, 0.4) is 0 Å². The van der Waals surface area contributed by atoms with Crippen LogP contribution in [0.1, 0.15) is 36.8 Å². The summed E-state index contributed by atoms with van der Waals surface area (Å²) in [5, 5.41) is 0. The van der Waals surface area contributed by atoms with E-state index in [9.17, 15) is 4.79 Å². The highest BCUT2D eigenvalue weighted by molar-refractivity contribution is 5.80. The molecule has 0 radical (unpaired) electrons. The molecule has 2 saturated carbocycles. The lowest BCUT2D eigenvalue weighted by atomic mass is 9.87. The molecule has 3 heteroatoms. The van der Waals surface area contributed by atoms with E-state index in [0.717, 1.165) is 37.6 Å². The molecule has 1 heterocycles. The van der Waals surface area contributed by atoms with E-state index in [1.54, 1.807) is 7.11 Å². The van der Waals surface area contributed by atoms with Crippen LogP contribution in [0.5, 0.6) is 5.75 Å². The van der Waals surface area contributed by atoms with Crippen LogP contribution in [-0.2, 0) is 17.8 Å². The van der Waals surface area contributed by atoms with Crippen LogP contribution in [0.15, 0.2) is 18.2 Å². The molecule has 112 valence electrons. The molecule has 1 aromatic carbocycles. The third-order valence-corrected chi connectivity index (χ3v) is 5.79. The van der Waals surface area contributed by atoms with Gasteiger partial charge in [-0.25, -0.2) is 0 Å². The number of carbonyl (C=O) groups excluding carboxylic acids is 1. The highest BCUT2D eigenvalue weighted by atomic mass is 16.5. The second kappa shape index (κ2) is 5.04. The van der Waals surface area contributed by atoms with Crippen LogP contribution in [0.25, 0.3) is 0 Å². The fourth-order valence-electron chi connectivity index (χ4n) is 4.63. The van der Waals surface area contributed by atoms with E-state index in [2.05, 4.69) is 17.0 Å². The first-order valence-corrected chi connectivity index (χ1v) is 8.19. The normalized spacial score (nSPS) is 30.3. The SMILES string of the molecule is COc1ccc2c(c1)CN(C(=O)[C@H]1C[C@H]3CC[C@H]1C3)CC2. The number of nitrogens with zero attached hydrogens (tertiary/aromatic N) is 1. The highest BCUT2D eigenvalue weighted by Crippen LogP contribution is 2.49. The first-order chi connectivity index (χ1) is 10.2. The number of methoxy groups -OCH3 is 1. The third kappa shape index (κ3) is 2.23. The Morgan fingerprint density at radius 3 is 2.86 bits per heavy atom. The fraction of sp³-hybridized carbons (Fsp3) is 0.611. The number of ether oxygens (including phenoxy) is 1. The summed E-state index contributed by atoms with van der Waals surface area (Å²) in [6.07, 6.45) is 6.05. The Morgan fingerprint density at radius 1 is 1.24 bits per heavy atom. The first kappa shape index (κ1) is 13.2. The number of benzene rings is 1. The molecule has 1 aromatic rings. The van der Waals surface area contributed by atoms with E-state index in [-0.39, 0.29) is 0 Å². The minimum atomic E-state index is 0.316. The Bertz CT molecular complexity index is 568. The van der Waals surface area contributed by atoms with Crippen molar-refractivity contribution in [1.29, 1.82) is 0 Å². The van der Waals surface area contributed by atoms with E-state index in [0.29, 0.717) is 17.7 Å². The van der Waals surface area contributed by atoms with Gasteiger partial charge in [0, 0.05) is 19.0 Å². The van der Waals surface area contributed by atoms with Gasteiger partial charge in [0.1, 0.15) is 5.75 Å². The molecule has 0 aromatic heterocycles. The smallest absolute Gasteiger partial charge is 0.226 e. The maximum atomic E-state index is 12.8. The summed E-state index contributed by atoms with van der Waals surface area (Å²) in [6, 6.07) is 6.26. The predicted molar refractivity (Wildman–Crippen MR) is 81.1 cm³/mol. The quantitative estimate of drug-likeness (QED) is 0.836. The van der Waals surface area contributed by atoms with Crippen LogP contribution < -0.4 is 4.74 Å². The predicted octanol–water partition coefficient (Wildman–Crippen LogP) is 3.02. The van der Waals surface area contributed by atoms with Crippen LogP contribution in [-0.4, -0.2) is 24.5 Å². The molecule has 4 rings (SSSR count). The minimum absolute atomic E-state index is 0.316. The van der Waals surface area contributed by atoms with Gasteiger partial charge in [-0.2, -0.15) is 0 Å². The molecule has 0 unspecified atom stereocenters. The zero-order chi connectivity index (χ0) is 14.4. The number of hydrogen-bond donors (Lipinski definition) is 0. The van der Waals surface area contributed by atoms with E-state index in [1.807, 2.05) is 6.07 Å². The number of amides is 1. The maximum absolute atomic E-state index is 12.8. The molecule has 2 bridgehead atoms. The Labute approximate surface area is 126 Å². The molecule has 2 aliphatic carbocycles. The molecule has 1 aliphatic heterocycles. The largest absolute Gasteiger partial charge is 0.497 e. The minimum Gasteiger partial charge on any atom is -0.497 e. The molecule has 0 N–H and O–H groups in total. The monoisotopic (exact) mass is 285 g/mol. The van der Waals surface area contributed by atoms with Gasteiger partial charge in [0.25, 0.3) is 0 Å². The zero-order valence-corrected chi connectivity index (χ0v) is 12.7. The molecule has 3 nitrogen and oxygen atoms in total. The Hall–Kier alpha value is -1.51. The van der Waals surface area contributed by atoms with Crippen molar-refractivity contribution >= 4 is 5.91 Å². The van der Waals surface area contributed by atoms with Crippen molar-refractivity contribution in [2.45, 2.75) is 38.6 Å². The summed E-state index contributed by atoms with van der Waals surface area (Å²) in [5.74, 6) is 3.13. The van der Waals surface area contributed by atoms with Gasteiger partial charge in [0.15, 0.2) is 0 Å². The summed E-state index contributed by atoms with van der Waals surface area (Å²) >= 11 is 0. The molecular formula is C18H23NO2. The van der Waals surface area contributed by atoms with Gasteiger partial charge in [-0.15, -0.1) is 0 Å². The summed E-state index contributed by atoms with van der Waals surface area (Å²) in [6.45, 7) is 1.64. The van der Waals surface area contributed by atoms with Crippen molar-refractivity contribution in [3.8, 4) is 5.75 Å². The molecular weight excluding hydrogens is 262 g/mol. The van der Waals surface area contributed by atoms with Gasteiger partial charge in [0.05, 0.1) is 7.11 Å². The van der Waals surface area contributed by atoms with Gasteiger partial charge in [0.2, 0.25) is 5.91 Å². The summed E-state index contributed by atoms with van der Waals surface area (Å²) in [5.41, 5.74) is 2.63. The van der Waals surface area contributed by atoms with E-state index in [4.69, 9.17) is 4.74 Å². The summed E-state index contributed by atoms with van der Waals surface area (Å²) < 4.78 is 5.31. The van der Waals surface area contributed by atoms with Crippen LogP contribution in [0.2, 0.25) is 0 Å². The molecule has 21 heavy (non-hydrogen) atoms. The second-order valence-corrected chi connectivity index (χ2v) is 6.93. The van der Waals surface area contributed by atoms with E-state index < -0.39 is 0 Å². The van der Waals surface area contributed by atoms with Crippen LogP contribution in [0.4, 0.5) is 0 Å². The maximum Gasteiger partial charge on any atom is 0.226 e. The molecule has 3 aliphatic rings. The standard InChI is InChI=1S/C18H23NO2/c1-21-16-5-4-13-6-7-19(11-15(13)10-16)18(20)17-9-12-2-3-14(17)8-12/h4-5,10,12,14,17H,2-3,6-9,11H2,1H3/t12-,14-,17-/m0/s1. The molecule has 0 spiro atoms. The lowest BCUT2D eigenvalue weighted by molar-refractivity contribution is -0.138. The lowest BCUT2D eigenvalue weighted by Gasteiger charge is -2.33. The van der Waals surface area contributed by atoms with Crippen molar-refractivity contribution in [2.75, 3.05) is 13.7 Å². The Kier molecular flexibility index (Phi) is 3.16. The van der Waals surface area contributed by atoms with Crippen molar-refractivity contribution in [1.82, 2.24) is 4.90 Å². The zero-order valence-electron chi connectivity index (χ0n) is 12.7. The average Bonchev–Trinajstić information content (AvgIpc) is 3.16. The molecule has 3 atom stereocenters. The first-order valence-electron chi connectivity index (χ1n) is 8.19. The van der Waals surface area contributed by atoms with Gasteiger partial charge in [-0.1, -0.05) is 12.5 Å². The lowest BCUT2D eigenvalue weighted by Crippen LogP contribution is -2.41. The van der Waals surface area contributed by atoms with Crippen molar-refractivity contribution in [3.05, 3.63) is 29.3 Å². The number of carbonyl (C=O) groups is 1. The summed E-state index contributed by atoms with van der Waals surface area (Å²) in [7, 11) is 1.70. The Morgan fingerprint density at radius 2 is 2.14 bits per heavy atom. The molecule has 1 amide bonds. The fourth-order valence-corrected chi connectivity index (χ4v) is 4.63. The van der Waals surface area contributed by atoms with E-state index in [1.165, 1.54) is 30.4 Å². The highest BCUT2D eigenvalue weighted by Gasteiger charge is 2.44. The molecule has 0 saturated heterocycles. The number of fused-ring (bicyclic) bond motifs is 3. The van der Waals surface area contributed by atoms with Crippen molar-refractivity contribution in [3.63, 3.8) is 0 Å². The van der Waals surface area contributed by atoms with Crippen molar-refractivity contribution in [2.24, 2.45) is 17.8 Å². The van der Waals surface area contributed by atoms with Crippen LogP contribution in [0, 0.1) is 17.8 Å². The summed E-state index contributed by atoms with van der Waals surface area (Å²) in [4.78, 5) is 14.9. The van der Waals surface area contributed by atoms with Gasteiger partial charge in [-0.05, 0) is 60.8 Å². The third-order valence-electron chi connectivity index (χ3n) is 5.79. The number of rotatable bonds is 2. The number of hydrogen-bond acceptors (Lipinski definition) is 2.